The maximum atomic E-state index is 12.0. The van der Waals surface area contributed by atoms with Crippen LogP contribution in [-0.2, 0) is 15.4 Å². The van der Waals surface area contributed by atoms with Crippen molar-refractivity contribution in [3.8, 4) is 0 Å². The predicted molar refractivity (Wildman–Crippen MR) is 68.9 cm³/mol. The molecule has 0 unspecified atom stereocenters. The Morgan fingerprint density at radius 3 is 2.67 bits per heavy atom. The van der Waals surface area contributed by atoms with E-state index < -0.39 is 10.7 Å². The largest absolute Gasteiger partial charge is 0.383 e. The first-order valence-electron chi connectivity index (χ1n) is 5.15. The maximum Gasteiger partial charge on any atom is 0.253 e. The van der Waals surface area contributed by atoms with Crippen molar-refractivity contribution < 1.29 is 17.9 Å². The molecule has 0 bridgehead atoms. The van der Waals surface area contributed by atoms with Crippen molar-refractivity contribution in [2.24, 2.45) is 0 Å². The second kappa shape index (κ2) is 6.72. The lowest BCUT2D eigenvalue weighted by Gasteiger charge is -2.16. The van der Waals surface area contributed by atoms with Crippen LogP contribution in [0.5, 0.6) is 0 Å². The zero-order valence-electron chi connectivity index (χ0n) is 10.1. The van der Waals surface area contributed by atoms with Crippen LogP contribution in [0.4, 0.5) is 0 Å². The average molecular weight is 292 g/mol. The Labute approximate surface area is 112 Å². The van der Waals surface area contributed by atoms with E-state index in [0.717, 1.165) is 0 Å². The van der Waals surface area contributed by atoms with E-state index in [9.17, 15) is 13.2 Å². The summed E-state index contributed by atoms with van der Waals surface area (Å²) in [5.41, 5.74) is 0.284. The van der Waals surface area contributed by atoms with Gasteiger partial charge in [-0.2, -0.15) is 0 Å². The van der Waals surface area contributed by atoms with Gasteiger partial charge in [0.15, 0.2) is 10.7 Å². The first-order valence-corrected chi connectivity index (χ1v) is 6.71. The lowest BCUT2D eigenvalue weighted by Crippen LogP contribution is -2.29. The van der Waals surface area contributed by atoms with E-state index in [1.165, 1.54) is 23.1 Å². The second-order valence-electron chi connectivity index (χ2n) is 3.64. The molecule has 0 radical (unpaired) electrons. The number of likely N-dealkylation sites (N-methyl/N-ethyl adjacent to an activating group) is 1. The first kappa shape index (κ1) is 14.9. The van der Waals surface area contributed by atoms with Gasteiger partial charge in [-0.1, -0.05) is 11.6 Å². The van der Waals surface area contributed by atoms with Crippen molar-refractivity contribution in [3.05, 3.63) is 28.8 Å². The number of carbonyl (C=O) groups excluding carboxylic acids is 1. The molecule has 0 saturated carbocycles. The van der Waals surface area contributed by atoms with Crippen molar-refractivity contribution >= 4 is 28.2 Å². The van der Waals surface area contributed by atoms with E-state index in [0.29, 0.717) is 13.2 Å². The van der Waals surface area contributed by atoms with Gasteiger partial charge in [-0.15, -0.1) is 0 Å². The molecule has 0 N–H and O–H groups in total. The zero-order chi connectivity index (χ0) is 13.7. The second-order valence-corrected chi connectivity index (χ2v) is 5.05. The van der Waals surface area contributed by atoms with Gasteiger partial charge in [0.25, 0.3) is 5.91 Å². The van der Waals surface area contributed by atoms with E-state index in [1.807, 2.05) is 0 Å². The molecule has 100 valence electrons. The van der Waals surface area contributed by atoms with E-state index in [4.69, 9.17) is 16.3 Å². The maximum absolute atomic E-state index is 12.0. The number of halogens is 1. The number of nitrogens with zero attached hydrogens (tertiary/aromatic N) is 1. The number of ether oxygens (including phenoxy) is 1. The Bertz CT molecular complexity index is 508. The molecule has 0 aliphatic heterocycles. The minimum absolute atomic E-state index is 0.0438. The molecule has 0 fully saturated rings. The van der Waals surface area contributed by atoms with Crippen LogP contribution in [0.25, 0.3) is 0 Å². The van der Waals surface area contributed by atoms with Crippen molar-refractivity contribution in [2.45, 2.75) is 4.90 Å². The third-order valence-corrected chi connectivity index (χ3v) is 3.59. The summed E-state index contributed by atoms with van der Waals surface area (Å²) < 4.78 is 26.8. The summed E-state index contributed by atoms with van der Waals surface area (Å²) in [6, 6.07) is 4.18. The van der Waals surface area contributed by atoms with Gasteiger partial charge < -0.3 is 9.64 Å². The van der Waals surface area contributed by atoms with Crippen LogP contribution in [-0.4, -0.2) is 46.5 Å². The fraction of sp³-hybridized carbons (Fsp3) is 0.364. The molecule has 7 heteroatoms. The molecule has 1 amide bonds. The van der Waals surface area contributed by atoms with E-state index in [-0.39, 0.29) is 21.4 Å². The lowest BCUT2D eigenvalue weighted by molar-refractivity contribution is 0.0744. The summed E-state index contributed by atoms with van der Waals surface area (Å²) in [4.78, 5) is 13.4. The smallest absolute Gasteiger partial charge is 0.253 e. The summed E-state index contributed by atoms with van der Waals surface area (Å²) in [5.74, 6) is -0.276. The van der Waals surface area contributed by atoms with Crippen molar-refractivity contribution in [2.75, 3.05) is 27.3 Å². The number of benzene rings is 1. The van der Waals surface area contributed by atoms with Crippen molar-refractivity contribution in [3.63, 3.8) is 0 Å². The standard InChI is InChI=1S/C11H14ClNO4S/c1-13(5-6-17-2)11(14)8-3-4-9(12)10(7-8)18(15)16/h3-4,7,18H,5-6H2,1-2H3. The van der Waals surface area contributed by atoms with Crippen LogP contribution in [0.1, 0.15) is 10.4 Å². The predicted octanol–water partition coefficient (Wildman–Crippen LogP) is 1.03. The topological polar surface area (TPSA) is 63.7 Å². The van der Waals surface area contributed by atoms with Gasteiger partial charge in [-0.3, -0.25) is 4.79 Å². The molecule has 0 spiro atoms. The molecule has 5 nitrogen and oxygen atoms in total. The zero-order valence-corrected chi connectivity index (χ0v) is 11.7. The summed E-state index contributed by atoms with van der Waals surface area (Å²) in [6.45, 7) is 0.843. The monoisotopic (exact) mass is 291 g/mol. The molecule has 1 aromatic rings. The number of methoxy groups -OCH3 is 1. The number of thiol groups is 1. The molecular weight excluding hydrogens is 278 g/mol. The first-order chi connectivity index (χ1) is 8.47. The summed E-state index contributed by atoms with van der Waals surface area (Å²) in [5, 5.41) is 0.113. The summed E-state index contributed by atoms with van der Waals surface area (Å²) >= 11 is 5.73. The summed E-state index contributed by atoms with van der Waals surface area (Å²) in [6.07, 6.45) is 0. The van der Waals surface area contributed by atoms with Gasteiger partial charge in [-0.25, -0.2) is 8.42 Å². The lowest BCUT2D eigenvalue weighted by atomic mass is 10.2. The molecular formula is C11H14ClNO4S. The van der Waals surface area contributed by atoms with Crippen LogP contribution in [0, 0.1) is 0 Å². The van der Waals surface area contributed by atoms with E-state index >= 15 is 0 Å². The molecule has 0 atom stereocenters. The van der Waals surface area contributed by atoms with Crippen LogP contribution in [0.2, 0.25) is 5.02 Å². The fourth-order valence-electron chi connectivity index (χ4n) is 1.34. The van der Waals surface area contributed by atoms with Gasteiger partial charge in [0, 0.05) is 26.3 Å². The van der Waals surface area contributed by atoms with Crippen molar-refractivity contribution in [1.82, 2.24) is 4.90 Å². The molecule has 0 aliphatic rings. The molecule has 0 saturated heterocycles. The van der Waals surface area contributed by atoms with E-state index in [2.05, 4.69) is 0 Å². The quantitative estimate of drug-likeness (QED) is 0.823. The SMILES string of the molecule is COCCN(C)C(=O)c1ccc(Cl)c([SH](=O)=O)c1. The van der Waals surface area contributed by atoms with Crippen LogP contribution >= 0.6 is 11.6 Å². The normalized spacial score (nSPS) is 10.7. The molecule has 1 rings (SSSR count). The molecule has 0 aliphatic carbocycles. The highest BCUT2D eigenvalue weighted by atomic mass is 35.5. The van der Waals surface area contributed by atoms with Gasteiger partial charge in [0.1, 0.15) is 0 Å². The number of amides is 1. The highest BCUT2D eigenvalue weighted by Crippen LogP contribution is 2.19. The van der Waals surface area contributed by atoms with Crippen molar-refractivity contribution in [1.29, 1.82) is 0 Å². The Morgan fingerprint density at radius 2 is 2.11 bits per heavy atom. The number of hydrogen-bond donors (Lipinski definition) is 1. The van der Waals surface area contributed by atoms with Gasteiger partial charge in [0.05, 0.1) is 16.5 Å². The van der Waals surface area contributed by atoms with Crippen LogP contribution in [0.15, 0.2) is 23.1 Å². The third-order valence-electron chi connectivity index (χ3n) is 2.37. The minimum Gasteiger partial charge on any atom is -0.383 e. The van der Waals surface area contributed by atoms with E-state index in [1.54, 1.807) is 14.2 Å². The molecule has 0 heterocycles. The number of hydrogen-bond acceptors (Lipinski definition) is 4. The summed E-state index contributed by atoms with van der Waals surface area (Å²) in [7, 11) is 0.345. The van der Waals surface area contributed by atoms with Gasteiger partial charge >= 0.3 is 0 Å². The Kier molecular flexibility index (Phi) is 5.58. The highest BCUT2D eigenvalue weighted by molar-refractivity contribution is 7.72. The Hall–Kier alpha value is -1.11. The molecule has 18 heavy (non-hydrogen) atoms. The Balaban J connectivity index is 2.96. The van der Waals surface area contributed by atoms with Gasteiger partial charge in [-0.05, 0) is 18.2 Å². The van der Waals surface area contributed by atoms with Crippen LogP contribution in [0.3, 0.4) is 0 Å². The highest BCUT2D eigenvalue weighted by Gasteiger charge is 2.14. The molecule has 1 aromatic carbocycles. The number of rotatable bonds is 5. The minimum atomic E-state index is -2.82. The molecule has 0 aromatic heterocycles. The third kappa shape index (κ3) is 3.69. The van der Waals surface area contributed by atoms with Gasteiger partial charge in [0.2, 0.25) is 0 Å². The number of carbonyl (C=O) groups is 1. The van der Waals surface area contributed by atoms with Crippen LogP contribution < -0.4 is 0 Å². The average Bonchev–Trinajstić information content (AvgIpc) is 2.35. The fourth-order valence-corrected chi connectivity index (χ4v) is 2.15. The Morgan fingerprint density at radius 1 is 1.44 bits per heavy atom.